The lowest BCUT2D eigenvalue weighted by atomic mass is 10.1. The van der Waals surface area contributed by atoms with Gasteiger partial charge in [-0.3, -0.25) is 5.84 Å². The van der Waals surface area contributed by atoms with Gasteiger partial charge >= 0.3 is 0 Å². The van der Waals surface area contributed by atoms with E-state index < -0.39 is 12.2 Å². The number of nitrogens with two attached hydrogens (primary N) is 1. The van der Waals surface area contributed by atoms with Gasteiger partial charge < -0.3 is 15.6 Å². The molecule has 0 saturated carbocycles. The monoisotopic (exact) mass is 216 g/mol. The van der Waals surface area contributed by atoms with Gasteiger partial charge in [-0.25, -0.2) is 0 Å². The summed E-state index contributed by atoms with van der Waals surface area (Å²) in [5.41, 5.74) is 3.81. The normalized spacial score (nSPS) is 14.9. The summed E-state index contributed by atoms with van der Waals surface area (Å²) in [6.45, 7) is 0. The lowest BCUT2D eigenvalue weighted by Crippen LogP contribution is -2.19. The van der Waals surface area contributed by atoms with E-state index in [0.29, 0.717) is 5.56 Å². The van der Waals surface area contributed by atoms with E-state index >= 15 is 0 Å². The van der Waals surface area contributed by atoms with Gasteiger partial charge in [-0.15, -0.1) is 11.6 Å². The number of hydrogen-bond donors (Lipinski definition) is 4. The fourth-order valence-electron chi connectivity index (χ4n) is 1.08. The molecule has 0 bridgehead atoms. The summed E-state index contributed by atoms with van der Waals surface area (Å²) in [6, 6.07) is 6.77. The zero-order valence-corrected chi connectivity index (χ0v) is 8.28. The number of hydrazine groups is 1. The summed E-state index contributed by atoms with van der Waals surface area (Å²) in [5.74, 6) is 5.18. The Balaban J connectivity index is 2.75. The van der Waals surface area contributed by atoms with Gasteiger partial charge in [-0.05, 0) is 17.7 Å². The molecule has 0 aliphatic heterocycles. The van der Waals surface area contributed by atoms with E-state index in [4.69, 9.17) is 17.4 Å². The SMILES string of the molecule is NNc1ccc(C(O)C(O)CCl)cc1. The van der Waals surface area contributed by atoms with Crippen LogP contribution in [0.1, 0.15) is 11.7 Å². The van der Waals surface area contributed by atoms with Crippen LogP contribution in [0.4, 0.5) is 5.69 Å². The minimum atomic E-state index is -0.959. The molecular formula is C9H13ClN2O2. The molecule has 0 fully saturated rings. The van der Waals surface area contributed by atoms with Crippen LogP contribution in [-0.2, 0) is 0 Å². The van der Waals surface area contributed by atoms with Crippen LogP contribution >= 0.6 is 11.6 Å². The molecule has 78 valence electrons. The van der Waals surface area contributed by atoms with Gasteiger partial charge in [0.2, 0.25) is 0 Å². The van der Waals surface area contributed by atoms with Crippen molar-refractivity contribution in [1.82, 2.24) is 0 Å². The van der Waals surface area contributed by atoms with Crippen molar-refractivity contribution in [3.8, 4) is 0 Å². The molecule has 0 aromatic heterocycles. The first-order chi connectivity index (χ1) is 6.69. The summed E-state index contributed by atoms with van der Waals surface area (Å²) in [6.07, 6.45) is -1.91. The molecule has 0 radical (unpaired) electrons. The number of benzene rings is 1. The molecule has 2 atom stereocenters. The van der Waals surface area contributed by atoms with Gasteiger partial charge in [0, 0.05) is 5.69 Å². The minimum Gasteiger partial charge on any atom is -0.389 e. The number of nitrogens with one attached hydrogen (secondary N) is 1. The van der Waals surface area contributed by atoms with Gasteiger partial charge in [0.25, 0.3) is 0 Å². The summed E-state index contributed by atoms with van der Waals surface area (Å²) in [5, 5.41) is 18.9. The van der Waals surface area contributed by atoms with Crippen LogP contribution in [0.25, 0.3) is 0 Å². The van der Waals surface area contributed by atoms with Gasteiger partial charge in [-0.2, -0.15) is 0 Å². The van der Waals surface area contributed by atoms with Crippen molar-refractivity contribution in [1.29, 1.82) is 0 Å². The number of rotatable bonds is 4. The van der Waals surface area contributed by atoms with Crippen LogP contribution in [-0.4, -0.2) is 22.2 Å². The third kappa shape index (κ3) is 2.59. The predicted octanol–water partition coefficient (Wildman–Crippen LogP) is 0.605. The lowest BCUT2D eigenvalue weighted by Gasteiger charge is -2.15. The number of halogens is 1. The fourth-order valence-corrected chi connectivity index (χ4v) is 1.25. The number of aliphatic hydroxyl groups excluding tert-OH is 2. The zero-order chi connectivity index (χ0) is 10.6. The summed E-state index contributed by atoms with van der Waals surface area (Å²) in [7, 11) is 0. The summed E-state index contributed by atoms with van der Waals surface area (Å²) >= 11 is 5.41. The minimum absolute atomic E-state index is 0.00193. The molecule has 0 aliphatic carbocycles. The number of hydrogen-bond acceptors (Lipinski definition) is 4. The Morgan fingerprint density at radius 1 is 1.29 bits per heavy atom. The highest BCUT2D eigenvalue weighted by Crippen LogP contribution is 2.19. The van der Waals surface area contributed by atoms with Crippen LogP contribution in [0.2, 0.25) is 0 Å². The molecule has 5 heteroatoms. The second-order valence-corrected chi connectivity index (χ2v) is 3.24. The van der Waals surface area contributed by atoms with Crippen LogP contribution in [0.15, 0.2) is 24.3 Å². The van der Waals surface area contributed by atoms with Crippen molar-refractivity contribution in [3.63, 3.8) is 0 Å². The summed E-state index contributed by atoms with van der Waals surface area (Å²) in [4.78, 5) is 0. The van der Waals surface area contributed by atoms with E-state index in [1.165, 1.54) is 0 Å². The second-order valence-electron chi connectivity index (χ2n) is 2.93. The molecular weight excluding hydrogens is 204 g/mol. The van der Waals surface area contributed by atoms with Crippen molar-refractivity contribution in [2.45, 2.75) is 12.2 Å². The number of aliphatic hydroxyl groups is 2. The molecule has 1 rings (SSSR count). The van der Waals surface area contributed by atoms with E-state index in [1.807, 2.05) is 0 Å². The second kappa shape index (κ2) is 5.17. The van der Waals surface area contributed by atoms with E-state index in [2.05, 4.69) is 5.43 Å². The van der Waals surface area contributed by atoms with Crippen molar-refractivity contribution < 1.29 is 10.2 Å². The standard InChI is InChI=1S/C9H13ClN2O2/c10-5-8(13)9(14)6-1-3-7(12-11)4-2-6/h1-4,8-9,12-14H,5,11H2. The molecule has 4 nitrogen and oxygen atoms in total. The van der Waals surface area contributed by atoms with Gasteiger partial charge in [0.05, 0.1) is 12.0 Å². The Hall–Kier alpha value is -0.810. The van der Waals surface area contributed by atoms with Crippen LogP contribution < -0.4 is 11.3 Å². The topological polar surface area (TPSA) is 78.5 Å². The quantitative estimate of drug-likeness (QED) is 0.338. The van der Waals surface area contributed by atoms with Crippen molar-refractivity contribution in [2.75, 3.05) is 11.3 Å². The lowest BCUT2D eigenvalue weighted by molar-refractivity contribution is 0.0327. The predicted molar refractivity (Wildman–Crippen MR) is 55.9 cm³/mol. The number of nitrogen functional groups attached to an aromatic ring is 1. The molecule has 14 heavy (non-hydrogen) atoms. The first-order valence-corrected chi connectivity index (χ1v) is 4.71. The van der Waals surface area contributed by atoms with E-state index in [0.717, 1.165) is 5.69 Å². The molecule has 0 spiro atoms. The Morgan fingerprint density at radius 2 is 1.86 bits per heavy atom. The first kappa shape index (κ1) is 11.3. The van der Waals surface area contributed by atoms with Crippen molar-refractivity contribution in [2.24, 2.45) is 5.84 Å². The number of anilines is 1. The molecule has 0 amide bonds. The van der Waals surface area contributed by atoms with Gasteiger partial charge in [-0.1, -0.05) is 12.1 Å². The van der Waals surface area contributed by atoms with E-state index in [9.17, 15) is 10.2 Å². The Bertz CT molecular complexity index is 279. The average molecular weight is 217 g/mol. The molecule has 0 saturated heterocycles. The maximum Gasteiger partial charge on any atom is 0.106 e. The Morgan fingerprint density at radius 3 is 2.29 bits per heavy atom. The maximum atomic E-state index is 9.57. The third-order valence-corrected chi connectivity index (χ3v) is 2.26. The number of alkyl halides is 1. The highest BCUT2D eigenvalue weighted by Gasteiger charge is 2.16. The Labute approximate surface area is 87.3 Å². The molecule has 0 heterocycles. The molecule has 0 aliphatic rings. The van der Waals surface area contributed by atoms with Crippen LogP contribution in [0.5, 0.6) is 0 Å². The van der Waals surface area contributed by atoms with E-state index in [1.54, 1.807) is 24.3 Å². The molecule has 2 unspecified atom stereocenters. The maximum absolute atomic E-state index is 9.57. The largest absolute Gasteiger partial charge is 0.389 e. The Kier molecular flexibility index (Phi) is 4.16. The fraction of sp³-hybridized carbons (Fsp3) is 0.333. The highest BCUT2D eigenvalue weighted by molar-refractivity contribution is 6.18. The van der Waals surface area contributed by atoms with Crippen molar-refractivity contribution in [3.05, 3.63) is 29.8 Å². The van der Waals surface area contributed by atoms with Crippen molar-refractivity contribution >= 4 is 17.3 Å². The van der Waals surface area contributed by atoms with Crippen LogP contribution in [0, 0.1) is 0 Å². The first-order valence-electron chi connectivity index (χ1n) is 4.17. The highest BCUT2D eigenvalue weighted by atomic mass is 35.5. The smallest absolute Gasteiger partial charge is 0.106 e. The molecule has 1 aromatic carbocycles. The third-order valence-electron chi connectivity index (χ3n) is 1.94. The molecule has 5 N–H and O–H groups in total. The van der Waals surface area contributed by atoms with E-state index in [-0.39, 0.29) is 5.88 Å². The van der Waals surface area contributed by atoms with Crippen LogP contribution in [0.3, 0.4) is 0 Å². The van der Waals surface area contributed by atoms with Gasteiger partial charge in [0.1, 0.15) is 6.10 Å². The van der Waals surface area contributed by atoms with Gasteiger partial charge in [0.15, 0.2) is 0 Å². The zero-order valence-electron chi connectivity index (χ0n) is 7.52. The molecule has 1 aromatic rings. The summed E-state index contributed by atoms with van der Waals surface area (Å²) < 4.78 is 0. The average Bonchev–Trinajstić information content (AvgIpc) is 2.27.